The fourth-order valence-corrected chi connectivity index (χ4v) is 3.18. The van der Waals surface area contributed by atoms with Gasteiger partial charge in [-0.2, -0.15) is 0 Å². The van der Waals surface area contributed by atoms with E-state index >= 15 is 0 Å². The van der Waals surface area contributed by atoms with Gasteiger partial charge in [-0.15, -0.1) is 0 Å². The predicted octanol–water partition coefficient (Wildman–Crippen LogP) is 6.16. The van der Waals surface area contributed by atoms with Crippen molar-refractivity contribution < 1.29 is 0 Å². The van der Waals surface area contributed by atoms with Gasteiger partial charge < -0.3 is 0 Å². The summed E-state index contributed by atoms with van der Waals surface area (Å²) in [6, 6.07) is 0. The Hall–Kier alpha value is 0. The third-order valence-electron chi connectivity index (χ3n) is 4.64. The summed E-state index contributed by atoms with van der Waals surface area (Å²) in [6.07, 6.45) is 5.43. The second-order valence-corrected chi connectivity index (χ2v) is 7.27. The van der Waals surface area contributed by atoms with Gasteiger partial charge in [0.25, 0.3) is 0 Å². The summed E-state index contributed by atoms with van der Waals surface area (Å²) >= 11 is 0. The summed E-state index contributed by atoms with van der Waals surface area (Å²) in [7, 11) is 0. The van der Waals surface area contributed by atoms with E-state index in [4.69, 9.17) is 0 Å². The predicted molar refractivity (Wildman–Crippen MR) is 80.3 cm³/mol. The number of rotatable bonds is 8. The Kier molecular flexibility index (Phi) is 7.44. The van der Waals surface area contributed by atoms with E-state index in [1.807, 2.05) is 0 Å². The van der Waals surface area contributed by atoms with Crippen molar-refractivity contribution >= 4 is 0 Å². The second kappa shape index (κ2) is 7.44. The highest BCUT2D eigenvalue weighted by atomic mass is 14.4. The zero-order chi connectivity index (χ0) is 13.6. The van der Waals surface area contributed by atoms with Gasteiger partial charge in [0.15, 0.2) is 0 Å². The van der Waals surface area contributed by atoms with Crippen LogP contribution in [0.15, 0.2) is 0 Å². The van der Waals surface area contributed by atoms with Crippen LogP contribution in [-0.4, -0.2) is 0 Å². The zero-order valence-corrected chi connectivity index (χ0v) is 13.6. The van der Waals surface area contributed by atoms with Crippen molar-refractivity contribution in [3.8, 4) is 0 Å². The summed E-state index contributed by atoms with van der Waals surface area (Å²) in [5.74, 6) is 3.43. The molecule has 17 heavy (non-hydrogen) atoms. The second-order valence-electron chi connectivity index (χ2n) is 7.27. The van der Waals surface area contributed by atoms with Crippen LogP contribution in [0.2, 0.25) is 0 Å². The molecule has 2 atom stereocenters. The standard InChI is InChI=1S/C17H36/c1-9-11-15(14(5)6)16(12-13(3)4)17(7,8)10-2/h13-16H,9-12H2,1-8H3. The lowest BCUT2D eigenvalue weighted by Crippen LogP contribution is -2.34. The molecule has 0 amide bonds. The van der Waals surface area contributed by atoms with Crippen LogP contribution in [0.5, 0.6) is 0 Å². The Morgan fingerprint density at radius 3 is 1.76 bits per heavy atom. The molecule has 0 rings (SSSR count). The molecule has 104 valence electrons. The van der Waals surface area contributed by atoms with Crippen LogP contribution in [0.25, 0.3) is 0 Å². The minimum Gasteiger partial charge on any atom is -0.0654 e. The molecule has 0 aliphatic rings. The van der Waals surface area contributed by atoms with E-state index in [9.17, 15) is 0 Å². The molecule has 0 heterocycles. The minimum absolute atomic E-state index is 0.494. The molecule has 0 aromatic heterocycles. The maximum absolute atomic E-state index is 2.48. The van der Waals surface area contributed by atoms with E-state index < -0.39 is 0 Å². The molecule has 0 saturated carbocycles. The van der Waals surface area contributed by atoms with Gasteiger partial charge >= 0.3 is 0 Å². The maximum Gasteiger partial charge on any atom is -0.0326 e. The lowest BCUT2D eigenvalue weighted by atomic mass is 9.63. The topological polar surface area (TPSA) is 0 Å². The van der Waals surface area contributed by atoms with Crippen LogP contribution in [0.3, 0.4) is 0 Å². The van der Waals surface area contributed by atoms with Crippen LogP contribution < -0.4 is 0 Å². The molecule has 0 aromatic rings. The Morgan fingerprint density at radius 1 is 0.941 bits per heavy atom. The summed E-state index contributed by atoms with van der Waals surface area (Å²) in [4.78, 5) is 0. The van der Waals surface area contributed by atoms with Crippen molar-refractivity contribution in [3.63, 3.8) is 0 Å². The first-order valence-electron chi connectivity index (χ1n) is 7.76. The molecule has 0 radical (unpaired) electrons. The molecular weight excluding hydrogens is 204 g/mol. The lowest BCUT2D eigenvalue weighted by molar-refractivity contribution is 0.0742. The molecule has 0 fully saturated rings. The van der Waals surface area contributed by atoms with E-state index in [1.165, 1.54) is 25.7 Å². The highest BCUT2D eigenvalue weighted by Crippen LogP contribution is 2.44. The quantitative estimate of drug-likeness (QED) is 0.477. The zero-order valence-electron chi connectivity index (χ0n) is 13.6. The highest BCUT2D eigenvalue weighted by molar-refractivity contribution is 4.85. The van der Waals surface area contributed by atoms with Crippen LogP contribution in [0.1, 0.15) is 81.1 Å². The fraction of sp³-hybridized carbons (Fsp3) is 1.00. The normalized spacial score (nSPS) is 16.6. The van der Waals surface area contributed by atoms with E-state index in [1.54, 1.807) is 0 Å². The van der Waals surface area contributed by atoms with Crippen molar-refractivity contribution in [1.82, 2.24) is 0 Å². The van der Waals surface area contributed by atoms with Crippen LogP contribution in [-0.2, 0) is 0 Å². The van der Waals surface area contributed by atoms with Crippen molar-refractivity contribution in [2.45, 2.75) is 81.1 Å². The van der Waals surface area contributed by atoms with Crippen molar-refractivity contribution in [1.29, 1.82) is 0 Å². The maximum atomic E-state index is 2.48. The van der Waals surface area contributed by atoms with Gasteiger partial charge in [0.2, 0.25) is 0 Å². The number of hydrogen-bond donors (Lipinski definition) is 0. The summed E-state index contributed by atoms with van der Waals surface area (Å²) in [5.41, 5.74) is 0.494. The highest BCUT2D eigenvalue weighted by Gasteiger charge is 2.35. The van der Waals surface area contributed by atoms with Gasteiger partial charge in [-0.05, 0) is 35.5 Å². The molecule has 0 aliphatic heterocycles. The van der Waals surface area contributed by atoms with E-state index in [2.05, 4.69) is 55.4 Å². The first-order chi connectivity index (χ1) is 7.76. The van der Waals surface area contributed by atoms with E-state index in [0.29, 0.717) is 5.41 Å². The largest absolute Gasteiger partial charge is 0.0654 e. The Balaban J connectivity index is 4.97. The molecule has 0 N–H and O–H groups in total. The van der Waals surface area contributed by atoms with Crippen LogP contribution in [0.4, 0.5) is 0 Å². The Labute approximate surface area is 111 Å². The monoisotopic (exact) mass is 240 g/mol. The van der Waals surface area contributed by atoms with Crippen LogP contribution >= 0.6 is 0 Å². The summed E-state index contributed by atoms with van der Waals surface area (Å²) in [5, 5.41) is 0. The summed E-state index contributed by atoms with van der Waals surface area (Å²) < 4.78 is 0. The molecule has 0 saturated heterocycles. The van der Waals surface area contributed by atoms with E-state index in [-0.39, 0.29) is 0 Å². The molecule has 0 heteroatoms. The van der Waals surface area contributed by atoms with Gasteiger partial charge in [-0.1, -0.05) is 74.7 Å². The minimum atomic E-state index is 0.494. The smallest absolute Gasteiger partial charge is 0.0326 e. The van der Waals surface area contributed by atoms with Crippen molar-refractivity contribution in [3.05, 3.63) is 0 Å². The molecule has 0 bridgehead atoms. The third-order valence-corrected chi connectivity index (χ3v) is 4.64. The van der Waals surface area contributed by atoms with Crippen molar-refractivity contribution in [2.75, 3.05) is 0 Å². The van der Waals surface area contributed by atoms with Gasteiger partial charge in [-0.3, -0.25) is 0 Å². The Bertz CT molecular complexity index is 188. The molecule has 0 spiro atoms. The third kappa shape index (κ3) is 5.44. The van der Waals surface area contributed by atoms with Crippen LogP contribution in [0, 0.1) is 29.1 Å². The fourth-order valence-electron chi connectivity index (χ4n) is 3.18. The van der Waals surface area contributed by atoms with Crippen molar-refractivity contribution in [2.24, 2.45) is 29.1 Å². The molecular formula is C17H36. The molecule has 2 unspecified atom stereocenters. The van der Waals surface area contributed by atoms with Gasteiger partial charge in [0, 0.05) is 0 Å². The van der Waals surface area contributed by atoms with Gasteiger partial charge in [0.05, 0.1) is 0 Å². The number of hydrogen-bond acceptors (Lipinski definition) is 0. The Morgan fingerprint density at radius 2 is 1.47 bits per heavy atom. The van der Waals surface area contributed by atoms with Gasteiger partial charge in [-0.25, -0.2) is 0 Å². The molecule has 0 aromatic carbocycles. The average Bonchev–Trinajstić information content (AvgIpc) is 2.22. The first-order valence-corrected chi connectivity index (χ1v) is 7.76. The SMILES string of the molecule is CCCC(C(C)C)C(CC(C)C)C(C)(C)CC. The molecule has 0 aliphatic carbocycles. The lowest BCUT2D eigenvalue weighted by Gasteiger charge is -2.42. The average molecular weight is 240 g/mol. The van der Waals surface area contributed by atoms with E-state index in [0.717, 1.165) is 23.7 Å². The summed E-state index contributed by atoms with van der Waals surface area (Å²) in [6.45, 7) is 19.2. The van der Waals surface area contributed by atoms with Gasteiger partial charge in [0.1, 0.15) is 0 Å². The first kappa shape index (κ1) is 17.0. The molecule has 0 nitrogen and oxygen atoms in total.